The first-order valence-electron chi connectivity index (χ1n) is 6.31. The van der Waals surface area contributed by atoms with Crippen molar-refractivity contribution in [3.05, 3.63) is 29.7 Å². The minimum Gasteiger partial charge on any atom is -0.465 e. The summed E-state index contributed by atoms with van der Waals surface area (Å²) in [5, 5.41) is 4.37. The molecule has 1 aliphatic rings. The van der Waals surface area contributed by atoms with E-state index >= 15 is 0 Å². The van der Waals surface area contributed by atoms with Crippen LogP contribution >= 0.6 is 0 Å². The molecule has 3 heterocycles. The molecule has 1 fully saturated rings. The van der Waals surface area contributed by atoms with Gasteiger partial charge in [-0.05, 0) is 25.0 Å². The Morgan fingerprint density at radius 3 is 3.21 bits per heavy atom. The number of rotatable bonds is 3. The minimum atomic E-state index is -0.377. The van der Waals surface area contributed by atoms with Crippen LogP contribution in [0.2, 0.25) is 0 Å². The molecule has 3 rings (SSSR count). The largest absolute Gasteiger partial charge is 0.465 e. The maximum absolute atomic E-state index is 11.4. The van der Waals surface area contributed by atoms with Gasteiger partial charge in [-0.25, -0.2) is 14.3 Å². The molecular weight excluding hydrogens is 246 g/mol. The summed E-state index contributed by atoms with van der Waals surface area (Å²) >= 11 is 0. The van der Waals surface area contributed by atoms with E-state index in [1.807, 2.05) is 0 Å². The fourth-order valence-corrected chi connectivity index (χ4v) is 2.26. The monoisotopic (exact) mass is 261 g/mol. The second-order valence-corrected chi connectivity index (χ2v) is 4.58. The van der Waals surface area contributed by atoms with Crippen LogP contribution in [-0.2, 0) is 15.9 Å². The third-order valence-electron chi connectivity index (χ3n) is 3.23. The number of hydrogen-bond acceptors (Lipinski definition) is 5. The van der Waals surface area contributed by atoms with E-state index in [1.54, 1.807) is 22.8 Å². The first-order valence-corrected chi connectivity index (χ1v) is 6.31. The van der Waals surface area contributed by atoms with Crippen LogP contribution in [0.5, 0.6) is 0 Å². The number of methoxy groups -OCH3 is 1. The number of aromatic nitrogens is 3. The van der Waals surface area contributed by atoms with Gasteiger partial charge in [0, 0.05) is 19.2 Å². The lowest BCUT2D eigenvalue weighted by Gasteiger charge is -2.04. The molecule has 0 radical (unpaired) electrons. The summed E-state index contributed by atoms with van der Waals surface area (Å²) in [6.07, 6.45) is 4.73. The van der Waals surface area contributed by atoms with Crippen molar-refractivity contribution in [2.75, 3.05) is 13.7 Å². The Hall–Kier alpha value is -1.95. The summed E-state index contributed by atoms with van der Waals surface area (Å²) in [6, 6.07) is 3.45. The first-order chi connectivity index (χ1) is 9.26. The van der Waals surface area contributed by atoms with Gasteiger partial charge in [-0.15, -0.1) is 0 Å². The van der Waals surface area contributed by atoms with E-state index < -0.39 is 0 Å². The van der Waals surface area contributed by atoms with Gasteiger partial charge in [0.25, 0.3) is 0 Å². The normalized spacial score (nSPS) is 18.9. The average molecular weight is 261 g/mol. The van der Waals surface area contributed by atoms with Crippen molar-refractivity contribution < 1.29 is 14.3 Å². The van der Waals surface area contributed by atoms with Gasteiger partial charge in [0.05, 0.1) is 18.8 Å². The molecule has 1 saturated heterocycles. The maximum Gasteiger partial charge on any atom is 0.339 e. The van der Waals surface area contributed by atoms with E-state index in [1.165, 1.54) is 7.11 Å². The van der Waals surface area contributed by atoms with Crippen LogP contribution in [0.1, 0.15) is 29.0 Å². The van der Waals surface area contributed by atoms with Crippen molar-refractivity contribution in [3.8, 4) is 0 Å². The van der Waals surface area contributed by atoms with Gasteiger partial charge in [-0.1, -0.05) is 0 Å². The molecule has 6 nitrogen and oxygen atoms in total. The standard InChI is InChI=1S/C13H15N3O3/c1-18-13(17)9-4-5-12-14-11(15-16(12)8-9)7-10-3-2-6-19-10/h4-5,8,10H,2-3,6-7H2,1H3. The smallest absolute Gasteiger partial charge is 0.339 e. The highest BCUT2D eigenvalue weighted by molar-refractivity contribution is 5.89. The van der Waals surface area contributed by atoms with E-state index in [-0.39, 0.29) is 12.1 Å². The average Bonchev–Trinajstić information content (AvgIpc) is 3.05. The zero-order valence-corrected chi connectivity index (χ0v) is 10.7. The minimum absolute atomic E-state index is 0.220. The zero-order valence-electron chi connectivity index (χ0n) is 10.7. The summed E-state index contributed by atoms with van der Waals surface area (Å²) in [7, 11) is 1.36. The van der Waals surface area contributed by atoms with Gasteiger partial charge in [-0.3, -0.25) is 0 Å². The van der Waals surface area contributed by atoms with E-state index in [4.69, 9.17) is 4.74 Å². The number of nitrogens with zero attached hydrogens (tertiary/aromatic N) is 3. The van der Waals surface area contributed by atoms with E-state index in [0.29, 0.717) is 5.56 Å². The van der Waals surface area contributed by atoms with Crippen LogP contribution < -0.4 is 0 Å². The van der Waals surface area contributed by atoms with Crippen LogP contribution in [0.3, 0.4) is 0 Å². The topological polar surface area (TPSA) is 65.7 Å². The summed E-state index contributed by atoms with van der Waals surface area (Å²) in [6.45, 7) is 0.824. The predicted octanol–water partition coefficient (Wildman–Crippen LogP) is 1.24. The lowest BCUT2D eigenvalue weighted by Crippen LogP contribution is -2.10. The Labute approximate surface area is 110 Å². The fourth-order valence-electron chi connectivity index (χ4n) is 2.26. The van der Waals surface area contributed by atoms with Gasteiger partial charge in [-0.2, -0.15) is 5.10 Å². The molecule has 0 aliphatic carbocycles. The molecule has 1 unspecified atom stereocenters. The van der Waals surface area contributed by atoms with Crippen LogP contribution in [-0.4, -0.2) is 40.4 Å². The van der Waals surface area contributed by atoms with Gasteiger partial charge >= 0.3 is 5.97 Å². The number of hydrogen-bond donors (Lipinski definition) is 0. The highest BCUT2D eigenvalue weighted by atomic mass is 16.5. The summed E-state index contributed by atoms with van der Waals surface area (Å²) in [5.41, 5.74) is 1.18. The molecule has 0 aromatic carbocycles. The molecule has 1 atom stereocenters. The van der Waals surface area contributed by atoms with Crippen LogP contribution in [0, 0.1) is 0 Å². The molecule has 0 spiro atoms. The van der Waals surface area contributed by atoms with Crippen LogP contribution in [0.25, 0.3) is 5.65 Å². The molecule has 0 N–H and O–H groups in total. The number of esters is 1. The summed E-state index contributed by atoms with van der Waals surface area (Å²) in [5.74, 6) is 0.368. The number of carbonyl (C=O) groups is 1. The second kappa shape index (κ2) is 4.97. The van der Waals surface area contributed by atoms with Crippen molar-refractivity contribution in [3.63, 3.8) is 0 Å². The van der Waals surface area contributed by atoms with Gasteiger partial charge in [0.1, 0.15) is 0 Å². The molecule has 2 aromatic heterocycles. The lowest BCUT2D eigenvalue weighted by molar-refractivity contribution is 0.0600. The third kappa shape index (κ3) is 2.44. The molecule has 0 amide bonds. The molecule has 0 bridgehead atoms. The number of fused-ring (bicyclic) bond motifs is 1. The van der Waals surface area contributed by atoms with Gasteiger partial charge in [0.2, 0.25) is 0 Å². The quantitative estimate of drug-likeness (QED) is 0.778. The highest BCUT2D eigenvalue weighted by Gasteiger charge is 2.18. The molecule has 100 valence electrons. The van der Waals surface area contributed by atoms with Crippen molar-refractivity contribution in [2.24, 2.45) is 0 Å². The number of pyridine rings is 1. The zero-order chi connectivity index (χ0) is 13.2. The van der Waals surface area contributed by atoms with Crippen LogP contribution in [0.4, 0.5) is 0 Å². The Morgan fingerprint density at radius 2 is 2.47 bits per heavy atom. The Morgan fingerprint density at radius 1 is 1.58 bits per heavy atom. The third-order valence-corrected chi connectivity index (χ3v) is 3.23. The summed E-state index contributed by atoms with van der Waals surface area (Å²) < 4.78 is 11.9. The molecule has 6 heteroatoms. The Balaban J connectivity index is 1.85. The SMILES string of the molecule is COC(=O)c1ccc2nc(CC3CCCO3)nn2c1. The van der Waals surface area contributed by atoms with Crippen molar-refractivity contribution >= 4 is 11.6 Å². The first kappa shape index (κ1) is 12.1. The highest BCUT2D eigenvalue weighted by Crippen LogP contribution is 2.16. The molecule has 19 heavy (non-hydrogen) atoms. The molecule has 1 aliphatic heterocycles. The fraction of sp³-hybridized carbons (Fsp3) is 0.462. The number of carbonyl (C=O) groups excluding carboxylic acids is 1. The second-order valence-electron chi connectivity index (χ2n) is 4.58. The van der Waals surface area contributed by atoms with E-state index in [2.05, 4.69) is 14.8 Å². The van der Waals surface area contributed by atoms with Crippen molar-refractivity contribution in [1.82, 2.24) is 14.6 Å². The molecule has 2 aromatic rings. The molecule has 0 saturated carbocycles. The van der Waals surface area contributed by atoms with Crippen LogP contribution in [0.15, 0.2) is 18.3 Å². The Kier molecular flexibility index (Phi) is 3.16. The van der Waals surface area contributed by atoms with Gasteiger partial charge in [0.15, 0.2) is 11.5 Å². The predicted molar refractivity (Wildman–Crippen MR) is 67.0 cm³/mol. The summed E-state index contributed by atoms with van der Waals surface area (Å²) in [4.78, 5) is 15.9. The van der Waals surface area contributed by atoms with Crippen molar-refractivity contribution in [1.29, 1.82) is 0 Å². The lowest BCUT2D eigenvalue weighted by atomic mass is 10.2. The Bertz CT molecular complexity index is 602. The number of ether oxygens (including phenoxy) is 2. The van der Waals surface area contributed by atoms with E-state index in [9.17, 15) is 4.79 Å². The van der Waals surface area contributed by atoms with Crippen molar-refractivity contribution in [2.45, 2.75) is 25.4 Å². The van der Waals surface area contributed by atoms with Gasteiger partial charge < -0.3 is 9.47 Å². The van der Waals surface area contributed by atoms with E-state index in [0.717, 1.165) is 37.3 Å². The molecular formula is C13H15N3O3. The maximum atomic E-state index is 11.4.